The summed E-state index contributed by atoms with van der Waals surface area (Å²) in [5.74, 6) is 1.02. The van der Waals surface area contributed by atoms with E-state index in [9.17, 15) is 9.90 Å². The number of aliphatic hydroxyl groups excluding tert-OH is 1. The first kappa shape index (κ1) is 20.8. The van der Waals surface area contributed by atoms with Gasteiger partial charge in [0.1, 0.15) is 6.73 Å². The lowest BCUT2D eigenvalue weighted by Gasteiger charge is -2.17. The van der Waals surface area contributed by atoms with Crippen LogP contribution in [0.25, 0.3) is 0 Å². The first-order valence-corrected chi connectivity index (χ1v) is 13.7. The molecule has 154 valence electrons. The van der Waals surface area contributed by atoms with Crippen molar-refractivity contribution in [3.63, 3.8) is 0 Å². The summed E-state index contributed by atoms with van der Waals surface area (Å²) in [5.41, 5.74) is 1.86. The Hall–Kier alpha value is -1.90. The van der Waals surface area contributed by atoms with Crippen LogP contribution in [0.15, 0.2) is 29.2 Å². The molecule has 1 aliphatic rings. The molecule has 2 atom stereocenters. The van der Waals surface area contributed by atoms with Gasteiger partial charge < -0.3 is 19.7 Å². The van der Waals surface area contributed by atoms with Crippen molar-refractivity contribution in [2.75, 3.05) is 11.9 Å². The summed E-state index contributed by atoms with van der Waals surface area (Å²) < 4.78 is 9.37. The topological polar surface area (TPSA) is 81.3 Å². The molecule has 0 amide bonds. The fourth-order valence-corrected chi connectivity index (χ4v) is 4.25. The lowest BCUT2D eigenvalue weighted by atomic mass is 10.0. The number of rotatable bonds is 8. The van der Waals surface area contributed by atoms with Gasteiger partial charge in [0.15, 0.2) is 5.82 Å². The molecule has 2 heterocycles. The Kier molecular flexibility index (Phi) is 6.42. The first-order chi connectivity index (χ1) is 13.2. The number of anilines is 2. The van der Waals surface area contributed by atoms with Crippen LogP contribution in [0.3, 0.4) is 0 Å². The summed E-state index contributed by atoms with van der Waals surface area (Å²) in [6.07, 6.45) is 4.07. The van der Waals surface area contributed by atoms with Gasteiger partial charge in [0, 0.05) is 51.7 Å². The minimum atomic E-state index is -1.13. The smallest absolute Gasteiger partial charge is 0.250 e. The largest absolute Gasteiger partial charge is 0.393 e. The molecule has 1 saturated carbocycles. The zero-order valence-electron chi connectivity index (χ0n) is 17.3. The van der Waals surface area contributed by atoms with Gasteiger partial charge >= 0.3 is 0 Å². The third kappa shape index (κ3) is 5.56. The van der Waals surface area contributed by atoms with Gasteiger partial charge in [-0.15, -0.1) is 0 Å². The van der Waals surface area contributed by atoms with E-state index in [-0.39, 0.29) is 11.7 Å². The number of nitrogens with zero attached hydrogens (tertiary/aromatic N) is 3. The van der Waals surface area contributed by atoms with E-state index in [0.717, 1.165) is 49.1 Å². The van der Waals surface area contributed by atoms with Crippen molar-refractivity contribution in [1.82, 2.24) is 14.3 Å². The molecule has 2 unspecified atom stereocenters. The lowest BCUT2D eigenvalue weighted by molar-refractivity contribution is 0.0756. The fourth-order valence-electron chi connectivity index (χ4n) is 3.50. The van der Waals surface area contributed by atoms with Crippen LogP contribution in [0.4, 0.5) is 11.5 Å². The number of ether oxygens (including phenoxy) is 1. The Bertz CT molecular complexity index is 856. The van der Waals surface area contributed by atoms with Crippen molar-refractivity contribution in [3.8, 4) is 0 Å². The molecule has 0 radical (unpaired) electrons. The molecule has 28 heavy (non-hydrogen) atoms. The van der Waals surface area contributed by atoms with Gasteiger partial charge in [0.05, 0.1) is 11.8 Å². The van der Waals surface area contributed by atoms with Crippen LogP contribution in [0.1, 0.15) is 30.9 Å². The molecule has 2 aromatic heterocycles. The molecular weight excluding hydrogens is 372 g/mol. The molecule has 0 aromatic carbocycles. The van der Waals surface area contributed by atoms with Gasteiger partial charge in [0.25, 0.3) is 0 Å². The predicted molar refractivity (Wildman–Crippen MR) is 114 cm³/mol. The van der Waals surface area contributed by atoms with E-state index in [1.165, 1.54) is 10.6 Å². The van der Waals surface area contributed by atoms with E-state index >= 15 is 0 Å². The summed E-state index contributed by atoms with van der Waals surface area (Å²) in [4.78, 5) is 11.6. The van der Waals surface area contributed by atoms with Crippen LogP contribution >= 0.6 is 0 Å². The van der Waals surface area contributed by atoms with Crippen molar-refractivity contribution in [2.24, 2.45) is 7.05 Å². The van der Waals surface area contributed by atoms with Gasteiger partial charge in [-0.1, -0.05) is 19.6 Å². The summed E-state index contributed by atoms with van der Waals surface area (Å²) in [6, 6.07) is 6.45. The van der Waals surface area contributed by atoms with Gasteiger partial charge in [-0.25, -0.2) is 4.68 Å². The molecule has 8 heteroatoms. The summed E-state index contributed by atoms with van der Waals surface area (Å²) >= 11 is 0. The Labute approximate surface area is 167 Å². The van der Waals surface area contributed by atoms with Gasteiger partial charge in [-0.2, -0.15) is 5.10 Å². The van der Waals surface area contributed by atoms with E-state index in [1.54, 1.807) is 19.3 Å². The van der Waals surface area contributed by atoms with Gasteiger partial charge in [-0.3, -0.25) is 4.79 Å². The maximum absolute atomic E-state index is 11.6. The molecule has 0 saturated heterocycles. The van der Waals surface area contributed by atoms with Crippen LogP contribution < -0.4 is 10.9 Å². The molecule has 1 fully saturated rings. The predicted octanol–water partition coefficient (Wildman–Crippen LogP) is 3.27. The number of aliphatic hydroxyl groups is 1. The summed E-state index contributed by atoms with van der Waals surface area (Å²) in [5, 5.41) is 17.9. The molecule has 2 aromatic rings. The van der Waals surface area contributed by atoms with Crippen LogP contribution in [0.2, 0.25) is 25.7 Å². The average Bonchev–Trinajstić information content (AvgIpc) is 3.20. The van der Waals surface area contributed by atoms with E-state index in [1.807, 2.05) is 10.7 Å². The summed E-state index contributed by atoms with van der Waals surface area (Å²) in [7, 11) is 0.599. The van der Waals surface area contributed by atoms with Gasteiger partial charge in [0.2, 0.25) is 5.56 Å². The normalized spacial score (nSPS) is 19.9. The molecule has 3 rings (SSSR count). The molecular formula is C20H32N4O3Si. The zero-order chi connectivity index (χ0) is 20.3. The van der Waals surface area contributed by atoms with Crippen LogP contribution in [0, 0.1) is 0 Å². The second kappa shape index (κ2) is 8.63. The number of hydrogen-bond donors (Lipinski definition) is 2. The minimum Gasteiger partial charge on any atom is -0.393 e. The molecule has 1 aliphatic carbocycles. The maximum atomic E-state index is 11.6. The van der Waals surface area contributed by atoms with Crippen molar-refractivity contribution in [2.45, 2.75) is 63.7 Å². The monoisotopic (exact) mass is 404 g/mol. The van der Waals surface area contributed by atoms with Gasteiger partial charge in [-0.05, 0) is 31.4 Å². The molecule has 0 aliphatic heterocycles. The van der Waals surface area contributed by atoms with Crippen LogP contribution in [-0.2, 0) is 18.5 Å². The summed E-state index contributed by atoms with van der Waals surface area (Å²) in [6.45, 7) is 8.17. The fraction of sp³-hybridized carbons (Fsp3) is 0.600. The highest BCUT2D eigenvalue weighted by atomic mass is 28.3. The number of nitrogens with one attached hydrogen (secondary N) is 1. The Balaban J connectivity index is 1.74. The molecule has 0 bridgehead atoms. The molecule has 2 N–H and O–H groups in total. The highest BCUT2D eigenvalue weighted by Crippen LogP contribution is 2.35. The average molecular weight is 405 g/mol. The number of aryl methyl sites for hydroxylation is 1. The quantitative estimate of drug-likeness (QED) is 0.521. The van der Waals surface area contributed by atoms with Crippen molar-refractivity contribution >= 4 is 19.6 Å². The van der Waals surface area contributed by atoms with E-state index in [4.69, 9.17) is 4.74 Å². The third-order valence-electron chi connectivity index (χ3n) is 5.20. The Morgan fingerprint density at radius 2 is 2.11 bits per heavy atom. The van der Waals surface area contributed by atoms with Crippen molar-refractivity contribution in [3.05, 3.63) is 40.4 Å². The number of aromatic nitrogens is 3. The molecule has 7 nitrogen and oxygen atoms in total. The van der Waals surface area contributed by atoms with E-state index in [2.05, 4.69) is 30.1 Å². The Morgan fingerprint density at radius 3 is 2.75 bits per heavy atom. The highest BCUT2D eigenvalue weighted by Gasteiger charge is 2.27. The van der Waals surface area contributed by atoms with Crippen LogP contribution in [0.5, 0.6) is 0 Å². The Morgan fingerprint density at radius 1 is 1.32 bits per heavy atom. The number of pyridine rings is 1. The van der Waals surface area contributed by atoms with E-state index in [0.29, 0.717) is 12.6 Å². The van der Waals surface area contributed by atoms with Crippen LogP contribution in [-0.4, -0.2) is 40.2 Å². The first-order valence-electron chi connectivity index (χ1n) is 9.98. The zero-order valence-corrected chi connectivity index (χ0v) is 18.3. The highest BCUT2D eigenvalue weighted by molar-refractivity contribution is 6.76. The SMILES string of the molecule is Cn1cc(Nc2cc(C3CCC(O)C3)n(COCC[Si](C)(C)C)n2)ccc1=O. The third-order valence-corrected chi connectivity index (χ3v) is 6.91. The standard InChI is InChI=1S/C20H32N4O3Si/c1-23-13-16(6-8-20(23)26)21-19-12-18(15-5-7-17(25)11-15)24(22-19)14-27-9-10-28(2,3)4/h6,8,12-13,15,17,25H,5,7,9-11,14H2,1-4H3,(H,21,22). The molecule has 0 spiro atoms. The van der Waals surface area contributed by atoms with Crippen molar-refractivity contribution in [1.29, 1.82) is 0 Å². The van der Waals surface area contributed by atoms with E-state index < -0.39 is 8.07 Å². The number of hydrogen-bond acceptors (Lipinski definition) is 5. The van der Waals surface area contributed by atoms with Crippen molar-refractivity contribution < 1.29 is 9.84 Å². The minimum absolute atomic E-state index is 0.0486. The second-order valence-electron chi connectivity index (χ2n) is 8.96. The second-order valence-corrected chi connectivity index (χ2v) is 14.6. The maximum Gasteiger partial charge on any atom is 0.250 e. The lowest BCUT2D eigenvalue weighted by Crippen LogP contribution is -2.22.